The Hall–Kier alpha value is -2.58. The maximum Gasteiger partial charge on any atom is 0.184 e. The molecule has 8 heteroatoms. The molecule has 0 saturated heterocycles. The van der Waals surface area contributed by atoms with E-state index in [1.54, 1.807) is 30.2 Å². The topological polar surface area (TPSA) is 88.8 Å². The number of benzene rings is 1. The van der Waals surface area contributed by atoms with E-state index < -0.39 is 0 Å². The SMILES string of the molecule is O[C@@H]1CCCC[C@H]1Nc1nc2ccc(Cn3cnc4cncnc43)cc2s1. The third-order valence-electron chi connectivity index (χ3n) is 5.12. The van der Waals surface area contributed by atoms with Crippen molar-refractivity contribution in [2.75, 3.05) is 5.32 Å². The Morgan fingerprint density at radius 2 is 2.11 bits per heavy atom. The molecule has 1 fully saturated rings. The summed E-state index contributed by atoms with van der Waals surface area (Å²) in [7, 11) is 0. The van der Waals surface area contributed by atoms with Gasteiger partial charge < -0.3 is 15.0 Å². The third-order valence-corrected chi connectivity index (χ3v) is 6.07. The Labute approximate surface area is 160 Å². The molecular weight excluding hydrogens is 360 g/mol. The summed E-state index contributed by atoms with van der Waals surface area (Å²) in [5.41, 5.74) is 3.79. The third kappa shape index (κ3) is 3.26. The number of nitrogens with zero attached hydrogens (tertiary/aromatic N) is 5. The molecule has 4 aromatic rings. The molecule has 0 amide bonds. The first-order valence-electron chi connectivity index (χ1n) is 9.21. The molecule has 1 aliphatic rings. The molecule has 7 nitrogen and oxygen atoms in total. The van der Waals surface area contributed by atoms with Gasteiger partial charge in [-0.3, -0.25) is 0 Å². The first kappa shape index (κ1) is 16.6. The van der Waals surface area contributed by atoms with Crippen LogP contribution in [0, 0.1) is 0 Å². The summed E-state index contributed by atoms with van der Waals surface area (Å²) >= 11 is 1.64. The number of aromatic nitrogens is 5. The summed E-state index contributed by atoms with van der Waals surface area (Å²) in [4.78, 5) is 17.4. The molecular formula is C19H20N6OS. The van der Waals surface area contributed by atoms with Crippen LogP contribution in [0.1, 0.15) is 31.2 Å². The normalized spacial score (nSPS) is 20.3. The second-order valence-electron chi connectivity index (χ2n) is 7.03. The Bertz CT molecular complexity index is 1090. The maximum atomic E-state index is 10.2. The van der Waals surface area contributed by atoms with Gasteiger partial charge in [-0.2, -0.15) is 0 Å². The van der Waals surface area contributed by atoms with Crippen molar-refractivity contribution < 1.29 is 5.11 Å². The molecule has 3 aromatic heterocycles. The monoisotopic (exact) mass is 380 g/mol. The number of hydrogen-bond acceptors (Lipinski definition) is 7. The number of anilines is 1. The van der Waals surface area contributed by atoms with Crippen molar-refractivity contribution in [3.63, 3.8) is 0 Å². The van der Waals surface area contributed by atoms with E-state index in [0.29, 0.717) is 6.54 Å². The van der Waals surface area contributed by atoms with Crippen LogP contribution in [0.3, 0.4) is 0 Å². The summed E-state index contributed by atoms with van der Waals surface area (Å²) in [5, 5.41) is 14.5. The lowest BCUT2D eigenvalue weighted by atomic mass is 9.93. The lowest BCUT2D eigenvalue weighted by Crippen LogP contribution is -2.36. The number of rotatable bonds is 4. The number of imidazole rings is 1. The highest BCUT2D eigenvalue weighted by molar-refractivity contribution is 7.22. The second-order valence-corrected chi connectivity index (χ2v) is 8.06. The van der Waals surface area contributed by atoms with Crippen molar-refractivity contribution in [1.29, 1.82) is 0 Å². The van der Waals surface area contributed by atoms with Crippen molar-refractivity contribution >= 4 is 37.8 Å². The van der Waals surface area contributed by atoms with Gasteiger partial charge in [0, 0.05) is 0 Å². The highest BCUT2D eigenvalue weighted by atomic mass is 32.1. The fourth-order valence-corrected chi connectivity index (χ4v) is 4.69. The predicted octanol–water partition coefficient (Wildman–Crippen LogP) is 3.20. The van der Waals surface area contributed by atoms with Gasteiger partial charge in [-0.05, 0) is 30.5 Å². The van der Waals surface area contributed by atoms with Crippen LogP contribution in [-0.2, 0) is 6.54 Å². The van der Waals surface area contributed by atoms with Crippen molar-refractivity contribution in [2.45, 2.75) is 44.4 Å². The fraction of sp³-hybridized carbons (Fsp3) is 0.368. The van der Waals surface area contributed by atoms with Crippen LogP contribution >= 0.6 is 11.3 Å². The minimum atomic E-state index is -0.280. The number of nitrogens with one attached hydrogen (secondary N) is 1. The molecule has 2 atom stereocenters. The van der Waals surface area contributed by atoms with E-state index in [1.807, 2.05) is 4.57 Å². The summed E-state index contributed by atoms with van der Waals surface area (Å²) in [6.07, 6.45) is 8.93. The molecule has 1 saturated carbocycles. The molecule has 5 rings (SSSR count). The Morgan fingerprint density at radius 1 is 1.19 bits per heavy atom. The number of aliphatic hydroxyl groups excluding tert-OH is 1. The van der Waals surface area contributed by atoms with E-state index in [-0.39, 0.29) is 12.1 Å². The average Bonchev–Trinajstić information content (AvgIpc) is 3.27. The first-order valence-corrected chi connectivity index (χ1v) is 10.0. The van der Waals surface area contributed by atoms with Crippen LogP contribution in [0.5, 0.6) is 0 Å². The van der Waals surface area contributed by atoms with Gasteiger partial charge in [-0.1, -0.05) is 30.2 Å². The minimum Gasteiger partial charge on any atom is -0.391 e. The molecule has 1 aliphatic carbocycles. The zero-order chi connectivity index (χ0) is 18.2. The van der Waals surface area contributed by atoms with Gasteiger partial charge in [0.05, 0.1) is 41.4 Å². The standard InChI is InChI=1S/C19H20N6OS/c26-16-4-2-1-3-13(16)23-19-24-14-6-5-12(7-17(14)27-19)9-25-11-22-15-8-20-10-21-18(15)25/h5-8,10-11,13,16,26H,1-4,9H2,(H,23,24)/t13-,16-/m1/s1. The van der Waals surface area contributed by atoms with Crippen molar-refractivity contribution in [2.24, 2.45) is 0 Å². The van der Waals surface area contributed by atoms with Crippen LogP contribution < -0.4 is 5.32 Å². The average molecular weight is 380 g/mol. The molecule has 27 heavy (non-hydrogen) atoms. The van der Waals surface area contributed by atoms with E-state index >= 15 is 0 Å². The highest BCUT2D eigenvalue weighted by Crippen LogP contribution is 2.30. The fourth-order valence-electron chi connectivity index (χ4n) is 3.69. The molecule has 3 heterocycles. The molecule has 0 bridgehead atoms. The van der Waals surface area contributed by atoms with E-state index in [0.717, 1.165) is 52.2 Å². The zero-order valence-corrected chi connectivity index (χ0v) is 15.6. The summed E-state index contributed by atoms with van der Waals surface area (Å²) in [6.45, 7) is 0.700. The van der Waals surface area contributed by atoms with Gasteiger partial charge in [0.2, 0.25) is 0 Å². The predicted molar refractivity (Wildman–Crippen MR) is 106 cm³/mol. The van der Waals surface area contributed by atoms with Crippen LogP contribution in [0.25, 0.3) is 21.4 Å². The van der Waals surface area contributed by atoms with Gasteiger partial charge in [0.15, 0.2) is 10.8 Å². The smallest absolute Gasteiger partial charge is 0.184 e. The Kier molecular flexibility index (Phi) is 4.21. The Morgan fingerprint density at radius 3 is 3.04 bits per heavy atom. The summed E-state index contributed by atoms with van der Waals surface area (Å²) in [5.74, 6) is 0. The molecule has 0 spiro atoms. The van der Waals surface area contributed by atoms with Crippen LogP contribution in [0.4, 0.5) is 5.13 Å². The van der Waals surface area contributed by atoms with Crippen LogP contribution in [0.15, 0.2) is 37.1 Å². The van der Waals surface area contributed by atoms with Gasteiger partial charge in [0.25, 0.3) is 0 Å². The molecule has 0 radical (unpaired) electrons. The molecule has 0 aliphatic heterocycles. The van der Waals surface area contributed by atoms with E-state index in [2.05, 4.69) is 43.5 Å². The lowest BCUT2D eigenvalue weighted by molar-refractivity contribution is 0.116. The molecule has 138 valence electrons. The summed E-state index contributed by atoms with van der Waals surface area (Å²) in [6, 6.07) is 6.42. The van der Waals surface area contributed by atoms with E-state index in [9.17, 15) is 5.11 Å². The van der Waals surface area contributed by atoms with Crippen LogP contribution in [0.2, 0.25) is 0 Å². The number of hydrogen-bond donors (Lipinski definition) is 2. The van der Waals surface area contributed by atoms with Crippen molar-refractivity contribution in [1.82, 2.24) is 24.5 Å². The van der Waals surface area contributed by atoms with Crippen molar-refractivity contribution in [3.8, 4) is 0 Å². The molecule has 1 aromatic carbocycles. The van der Waals surface area contributed by atoms with Gasteiger partial charge in [-0.25, -0.2) is 19.9 Å². The van der Waals surface area contributed by atoms with E-state index in [1.165, 1.54) is 5.56 Å². The van der Waals surface area contributed by atoms with Gasteiger partial charge in [0.1, 0.15) is 11.8 Å². The number of thiazole rings is 1. The quantitative estimate of drug-likeness (QED) is 0.565. The second kappa shape index (κ2) is 6.86. The number of fused-ring (bicyclic) bond motifs is 2. The largest absolute Gasteiger partial charge is 0.391 e. The van der Waals surface area contributed by atoms with E-state index in [4.69, 9.17) is 0 Å². The molecule has 0 unspecified atom stereocenters. The minimum absolute atomic E-state index is 0.107. The van der Waals surface area contributed by atoms with Crippen molar-refractivity contribution in [3.05, 3.63) is 42.6 Å². The van der Waals surface area contributed by atoms with Gasteiger partial charge in [-0.15, -0.1) is 0 Å². The zero-order valence-electron chi connectivity index (χ0n) is 14.7. The maximum absolute atomic E-state index is 10.2. The number of aliphatic hydroxyl groups is 1. The highest BCUT2D eigenvalue weighted by Gasteiger charge is 2.23. The van der Waals surface area contributed by atoms with Gasteiger partial charge >= 0.3 is 0 Å². The lowest BCUT2D eigenvalue weighted by Gasteiger charge is -2.27. The van der Waals surface area contributed by atoms with Crippen LogP contribution in [-0.4, -0.2) is 41.8 Å². The Balaban J connectivity index is 1.39. The first-order chi connectivity index (χ1) is 13.3. The summed E-state index contributed by atoms with van der Waals surface area (Å²) < 4.78 is 3.16. The molecule has 2 N–H and O–H groups in total.